The maximum atomic E-state index is 10.5. The molecule has 0 aliphatic rings. The second kappa shape index (κ2) is 4.22. The van der Waals surface area contributed by atoms with Crippen molar-refractivity contribution >= 4 is 5.97 Å². The van der Waals surface area contributed by atoms with Crippen LogP contribution in [-0.4, -0.2) is 25.8 Å². The van der Waals surface area contributed by atoms with Gasteiger partial charge in [-0.2, -0.15) is 5.10 Å². The molecule has 2 aromatic rings. The van der Waals surface area contributed by atoms with E-state index in [9.17, 15) is 4.79 Å². The Hall–Kier alpha value is -2.04. The molecule has 84 valence electrons. The van der Waals surface area contributed by atoms with E-state index in [1.165, 1.54) is 0 Å². The summed E-state index contributed by atoms with van der Waals surface area (Å²) >= 11 is 0. The summed E-state index contributed by atoms with van der Waals surface area (Å²) in [5, 5.41) is 15.4. The minimum Gasteiger partial charge on any atom is -0.481 e. The lowest BCUT2D eigenvalue weighted by molar-refractivity contribution is -0.136. The van der Waals surface area contributed by atoms with Crippen molar-refractivity contribution in [1.29, 1.82) is 0 Å². The van der Waals surface area contributed by atoms with Crippen molar-refractivity contribution in [3.05, 3.63) is 35.8 Å². The number of aromatic nitrogens is 3. The minimum atomic E-state index is -0.782. The number of nitrogens with one attached hydrogen (secondary N) is 1. The summed E-state index contributed by atoms with van der Waals surface area (Å²) in [6.45, 7) is 1.98. The van der Waals surface area contributed by atoms with Gasteiger partial charge in [-0.05, 0) is 25.5 Å². The Morgan fingerprint density at radius 1 is 1.50 bits per heavy atom. The molecule has 5 nitrogen and oxygen atoms in total. The molecule has 0 atom stereocenters. The van der Waals surface area contributed by atoms with E-state index in [1.807, 2.05) is 29.7 Å². The number of nitrogens with zero attached hydrogens (tertiary/aromatic N) is 2. The molecule has 0 unspecified atom stereocenters. The van der Waals surface area contributed by atoms with E-state index in [2.05, 4.69) is 10.2 Å². The van der Waals surface area contributed by atoms with E-state index in [1.54, 1.807) is 6.20 Å². The molecule has 2 N–H and O–H groups in total. The van der Waals surface area contributed by atoms with Gasteiger partial charge in [0, 0.05) is 17.5 Å². The summed E-state index contributed by atoms with van der Waals surface area (Å²) in [6, 6.07) is 5.77. The monoisotopic (exact) mass is 219 g/mol. The molecule has 2 heterocycles. The number of hydrogen-bond donors (Lipinski definition) is 2. The number of aryl methyl sites for hydroxylation is 2. The van der Waals surface area contributed by atoms with Crippen LogP contribution in [0.2, 0.25) is 0 Å². The Morgan fingerprint density at radius 3 is 2.94 bits per heavy atom. The van der Waals surface area contributed by atoms with Gasteiger partial charge in [0.1, 0.15) is 5.82 Å². The van der Waals surface area contributed by atoms with Gasteiger partial charge in [0.05, 0.1) is 12.6 Å². The minimum absolute atomic E-state index is 0.136. The van der Waals surface area contributed by atoms with Gasteiger partial charge in [-0.3, -0.25) is 9.89 Å². The zero-order valence-corrected chi connectivity index (χ0v) is 8.97. The number of carboxylic acid groups (broad SMARTS) is 1. The third kappa shape index (κ3) is 1.98. The van der Waals surface area contributed by atoms with Crippen LogP contribution in [0.5, 0.6) is 0 Å². The number of aromatic amines is 1. The quantitative estimate of drug-likeness (QED) is 0.819. The van der Waals surface area contributed by atoms with Gasteiger partial charge in [0.2, 0.25) is 0 Å². The van der Waals surface area contributed by atoms with Crippen LogP contribution >= 0.6 is 0 Å². The average Bonchev–Trinajstić information content (AvgIpc) is 2.83. The van der Waals surface area contributed by atoms with E-state index in [4.69, 9.17) is 5.11 Å². The average molecular weight is 219 g/mol. The van der Waals surface area contributed by atoms with Crippen LogP contribution in [0.1, 0.15) is 17.8 Å². The maximum Gasteiger partial charge on any atom is 0.303 e. The molecule has 0 radical (unpaired) electrons. The lowest BCUT2D eigenvalue weighted by Gasteiger charge is -2.08. The fraction of sp³-hybridized carbons (Fsp3) is 0.273. The van der Waals surface area contributed by atoms with Crippen molar-refractivity contribution in [3.8, 4) is 5.82 Å². The molecule has 0 saturated carbocycles. The first kappa shape index (κ1) is 10.5. The number of carboxylic acids is 1. The second-order valence-electron chi connectivity index (χ2n) is 3.64. The number of H-pyrrole nitrogens is 1. The Kier molecular flexibility index (Phi) is 2.76. The third-order valence-corrected chi connectivity index (χ3v) is 2.48. The summed E-state index contributed by atoms with van der Waals surface area (Å²) in [5.74, 6) is 0.0814. The van der Waals surface area contributed by atoms with Crippen molar-refractivity contribution in [2.75, 3.05) is 0 Å². The van der Waals surface area contributed by atoms with Gasteiger partial charge in [-0.1, -0.05) is 0 Å². The van der Waals surface area contributed by atoms with Crippen molar-refractivity contribution in [2.24, 2.45) is 0 Å². The van der Waals surface area contributed by atoms with Crippen LogP contribution < -0.4 is 0 Å². The van der Waals surface area contributed by atoms with Crippen molar-refractivity contribution in [2.45, 2.75) is 19.8 Å². The first-order valence-electron chi connectivity index (χ1n) is 5.07. The van der Waals surface area contributed by atoms with Crippen LogP contribution in [0.4, 0.5) is 0 Å². The predicted molar refractivity (Wildman–Crippen MR) is 58.6 cm³/mol. The smallest absolute Gasteiger partial charge is 0.303 e. The van der Waals surface area contributed by atoms with E-state index in [-0.39, 0.29) is 6.42 Å². The van der Waals surface area contributed by atoms with Crippen LogP contribution in [0.15, 0.2) is 24.4 Å². The molecule has 0 fully saturated rings. The Morgan fingerprint density at radius 2 is 2.31 bits per heavy atom. The number of rotatable bonds is 4. The summed E-state index contributed by atoms with van der Waals surface area (Å²) < 4.78 is 1.98. The Balaban J connectivity index is 2.29. The van der Waals surface area contributed by atoms with Gasteiger partial charge in [-0.15, -0.1) is 0 Å². The molecule has 0 saturated heterocycles. The summed E-state index contributed by atoms with van der Waals surface area (Å²) in [6.07, 6.45) is 2.33. The Labute approximate surface area is 92.7 Å². The molecule has 0 bridgehead atoms. The first-order valence-corrected chi connectivity index (χ1v) is 5.07. The predicted octanol–water partition coefficient (Wildman–Crippen LogP) is 1.53. The maximum absolute atomic E-state index is 10.5. The van der Waals surface area contributed by atoms with E-state index >= 15 is 0 Å². The molecule has 0 spiro atoms. The summed E-state index contributed by atoms with van der Waals surface area (Å²) in [4.78, 5) is 10.5. The highest BCUT2D eigenvalue weighted by Crippen LogP contribution is 2.15. The van der Waals surface area contributed by atoms with Crippen molar-refractivity contribution in [3.63, 3.8) is 0 Å². The lowest BCUT2D eigenvalue weighted by Crippen LogP contribution is -2.05. The van der Waals surface area contributed by atoms with Gasteiger partial charge in [0.15, 0.2) is 0 Å². The van der Waals surface area contributed by atoms with Crippen LogP contribution in [0, 0.1) is 6.92 Å². The second-order valence-corrected chi connectivity index (χ2v) is 3.64. The van der Waals surface area contributed by atoms with Crippen molar-refractivity contribution < 1.29 is 9.90 Å². The van der Waals surface area contributed by atoms with Gasteiger partial charge in [0.25, 0.3) is 0 Å². The number of aliphatic carboxylic acids is 1. The zero-order chi connectivity index (χ0) is 11.5. The van der Waals surface area contributed by atoms with E-state index in [0.29, 0.717) is 6.42 Å². The first-order chi connectivity index (χ1) is 7.68. The van der Waals surface area contributed by atoms with Crippen LogP contribution in [0.25, 0.3) is 5.82 Å². The van der Waals surface area contributed by atoms with Gasteiger partial charge in [-0.25, -0.2) is 0 Å². The highest BCUT2D eigenvalue weighted by atomic mass is 16.4. The molecule has 2 rings (SSSR count). The van der Waals surface area contributed by atoms with Gasteiger partial charge >= 0.3 is 5.97 Å². The molecule has 16 heavy (non-hydrogen) atoms. The largest absolute Gasteiger partial charge is 0.481 e. The summed E-state index contributed by atoms with van der Waals surface area (Å²) in [7, 11) is 0. The molecule has 0 aliphatic carbocycles. The van der Waals surface area contributed by atoms with E-state index in [0.717, 1.165) is 17.2 Å². The topological polar surface area (TPSA) is 70.9 Å². The standard InChI is InChI=1S/C11H13N3O2/c1-8-2-3-9(4-5-11(15)16)14(8)10-6-7-12-13-10/h2-3,6-7H,4-5H2,1H3,(H,12,13)(H,15,16). The SMILES string of the molecule is Cc1ccc(CCC(=O)O)n1-c1ccn[nH]1. The van der Waals surface area contributed by atoms with Crippen LogP contribution in [0.3, 0.4) is 0 Å². The van der Waals surface area contributed by atoms with Crippen molar-refractivity contribution in [1.82, 2.24) is 14.8 Å². The molecule has 0 aromatic carbocycles. The fourth-order valence-electron chi connectivity index (χ4n) is 1.74. The molecule has 0 amide bonds. The normalized spacial score (nSPS) is 10.6. The molecular formula is C11H13N3O2. The number of hydrogen-bond acceptors (Lipinski definition) is 2. The molecular weight excluding hydrogens is 206 g/mol. The van der Waals surface area contributed by atoms with Crippen LogP contribution in [-0.2, 0) is 11.2 Å². The number of carbonyl (C=O) groups is 1. The Bertz CT molecular complexity index is 485. The highest BCUT2D eigenvalue weighted by Gasteiger charge is 2.09. The third-order valence-electron chi connectivity index (χ3n) is 2.48. The highest BCUT2D eigenvalue weighted by molar-refractivity contribution is 5.67. The lowest BCUT2D eigenvalue weighted by atomic mass is 10.2. The molecule has 2 aromatic heterocycles. The van der Waals surface area contributed by atoms with Gasteiger partial charge < -0.3 is 9.67 Å². The van der Waals surface area contributed by atoms with E-state index < -0.39 is 5.97 Å². The fourth-order valence-corrected chi connectivity index (χ4v) is 1.74. The molecule has 0 aliphatic heterocycles. The summed E-state index contributed by atoms with van der Waals surface area (Å²) in [5.41, 5.74) is 2.04. The zero-order valence-electron chi connectivity index (χ0n) is 8.97. The molecule has 5 heteroatoms.